The van der Waals surface area contributed by atoms with Crippen molar-refractivity contribution >= 4 is 40.9 Å². The molecule has 6 heterocycles. The van der Waals surface area contributed by atoms with Gasteiger partial charge in [0.05, 0.1) is 42.8 Å². The number of imide groups is 1. The van der Waals surface area contributed by atoms with Gasteiger partial charge in [-0.25, -0.2) is 13.8 Å². The van der Waals surface area contributed by atoms with Crippen molar-refractivity contribution in [2.24, 2.45) is 0 Å². The van der Waals surface area contributed by atoms with Gasteiger partial charge in [0.2, 0.25) is 17.7 Å². The fraction of sp³-hybridized carbons (Fsp3) is 0.353. The normalized spacial score (nSPS) is 17.6. The van der Waals surface area contributed by atoms with Crippen LogP contribution in [-0.4, -0.2) is 103 Å². The molecule has 5 amide bonds. The van der Waals surface area contributed by atoms with Crippen LogP contribution < -0.4 is 16.0 Å². The molecule has 4 aromatic rings. The van der Waals surface area contributed by atoms with Crippen LogP contribution in [0.15, 0.2) is 54.9 Å². The molecule has 18 heteroatoms. The molecule has 4 N–H and O–H groups in total. The Hall–Kier alpha value is -5.88. The Kier molecular flexibility index (Phi) is 9.82. The maximum absolute atomic E-state index is 13.9. The number of rotatable bonds is 13. The van der Waals surface area contributed by atoms with Crippen molar-refractivity contribution in [3.05, 3.63) is 77.4 Å². The molecule has 0 spiro atoms. The third-order valence-corrected chi connectivity index (χ3v) is 9.17. The number of anilines is 2. The lowest BCUT2D eigenvalue weighted by molar-refractivity contribution is -0.137. The van der Waals surface area contributed by atoms with Crippen LogP contribution in [0.2, 0.25) is 0 Å². The topological polar surface area (TPSA) is 197 Å². The third-order valence-electron chi connectivity index (χ3n) is 9.17. The minimum Gasteiger partial charge on any atom is -0.380 e. The van der Waals surface area contributed by atoms with Gasteiger partial charge in [0.25, 0.3) is 18.2 Å². The van der Waals surface area contributed by atoms with Crippen molar-refractivity contribution in [1.82, 2.24) is 40.1 Å². The molecule has 52 heavy (non-hydrogen) atoms. The number of piperidine rings is 1. The molecule has 0 saturated carbocycles. The molecule has 0 bridgehead atoms. The van der Waals surface area contributed by atoms with Crippen molar-refractivity contribution in [3.63, 3.8) is 0 Å². The van der Waals surface area contributed by atoms with E-state index in [4.69, 9.17) is 4.74 Å². The molecule has 1 unspecified atom stereocenters. The summed E-state index contributed by atoms with van der Waals surface area (Å²) in [5.41, 5.74) is 2.00. The highest BCUT2D eigenvalue weighted by Gasteiger charge is 2.40. The Bertz CT molecular complexity index is 2010. The van der Waals surface area contributed by atoms with Gasteiger partial charge in [-0.3, -0.25) is 44.0 Å². The van der Waals surface area contributed by atoms with Gasteiger partial charge in [0.15, 0.2) is 5.69 Å². The minimum absolute atomic E-state index is 0.0470. The summed E-state index contributed by atoms with van der Waals surface area (Å²) in [6.07, 6.45) is 0.512. The summed E-state index contributed by atoms with van der Waals surface area (Å²) < 4.78 is 34.8. The number of amides is 5. The Morgan fingerprint density at radius 2 is 1.85 bits per heavy atom. The third kappa shape index (κ3) is 7.28. The number of benzene rings is 1. The van der Waals surface area contributed by atoms with Crippen LogP contribution in [0.3, 0.4) is 0 Å². The minimum atomic E-state index is -2.90. The molecular weight excluding hydrogens is 682 g/mol. The van der Waals surface area contributed by atoms with E-state index in [1.807, 2.05) is 0 Å². The van der Waals surface area contributed by atoms with Gasteiger partial charge in [0.1, 0.15) is 11.7 Å². The Balaban J connectivity index is 0.844. The molecule has 3 aromatic heterocycles. The number of nitrogens with zero attached hydrogens (tertiary/aromatic N) is 6. The summed E-state index contributed by atoms with van der Waals surface area (Å²) in [6, 6.07) is 10.6. The molecule has 0 radical (unpaired) electrons. The Morgan fingerprint density at radius 1 is 1.02 bits per heavy atom. The molecule has 2 saturated heterocycles. The van der Waals surface area contributed by atoms with Gasteiger partial charge in [-0.1, -0.05) is 12.1 Å². The second-order valence-corrected chi connectivity index (χ2v) is 12.6. The van der Waals surface area contributed by atoms with Crippen molar-refractivity contribution in [3.8, 4) is 11.4 Å². The first-order chi connectivity index (χ1) is 25.1. The number of likely N-dealkylation sites (tertiary alicyclic amines) is 1. The molecule has 0 aliphatic carbocycles. The molecule has 16 nitrogen and oxygen atoms in total. The molecule has 2 fully saturated rings. The van der Waals surface area contributed by atoms with Crippen molar-refractivity contribution in [2.75, 3.05) is 43.5 Å². The number of ether oxygens (including phenoxy) is 1. The number of hydrogen-bond donors (Lipinski definition) is 4. The van der Waals surface area contributed by atoms with E-state index in [9.17, 15) is 32.8 Å². The highest BCUT2D eigenvalue weighted by molar-refractivity contribution is 6.07. The van der Waals surface area contributed by atoms with E-state index in [1.54, 1.807) is 42.6 Å². The smallest absolute Gasteiger partial charge is 0.284 e. The summed E-state index contributed by atoms with van der Waals surface area (Å²) in [7, 11) is 0. The number of hydrogen-bond acceptors (Lipinski definition) is 10. The molecular formula is C34H34F2N10O6. The standard InChI is InChI=1S/C34H34F2N10O6/c35-31(36)30-26(40-32(49)25-6-2-5-23(38-25)24-9-11-37-42-24)18-46(43-30)19-15-44(16-19)12-14-52-13-10-29(48)39-22-4-1-3-20-21(22)17-45(34(20)51)27-7-8-28(47)41-33(27)50/h1-6,9,11,18-19,27,31H,7-8,10,12-17H2,(H,37,42)(H,39,48)(H,40,49)(H,41,47,50). The average molecular weight is 717 g/mol. The number of carbonyl (C=O) groups excluding carboxylic acids is 5. The quantitative estimate of drug-likeness (QED) is 0.118. The maximum atomic E-state index is 13.9. The average Bonchev–Trinajstić information content (AvgIpc) is 3.86. The lowest BCUT2D eigenvalue weighted by Gasteiger charge is -2.39. The molecule has 3 aliphatic rings. The van der Waals surface area contributed by atoms with Gasteiger partial charge in [-0.05, 0) is 36.8 Å². The zero-order valence-corrected chi connectivity index (χ0v) is 27.7. The first kappa shape index (κ1) is 34.6. The second kappa shape index (κ2) is 14.8. The van der Waals surface area contributed by atoms with Crippen molar-refractivity contribution < 1.29 is 37.5 Å². The van der Waals surface area contributed by atoms with Gasteiger partial charge in [-0.15, -0.1) is 0 Å². The van der Waals surface area contributed by atoms with E-state index in [-0.39, 0.29) is 67.6 Å². The van der Waals surface area contributed by atoms with Crippen LogP contribution in [0.4, 0.5) is 20.2 Å². The van der Waals surface area contributed by atoms with Gasteiger partial charge in [0, 0.05) is 61.8 Å². The van der Waals surface area contributed by atoms with Crippen LogP contribution in [0.5, 0.6) is 0 Å². The summed E-state index contributed by atoms with van der Waals surface area (Å²) in [6.45, 7) is 2.24. The Labute approximate surface area is 294 Å². The van der Waals surface area contributed by atoms with Crippen LogP contribution in [-0.2, 0) is 25.7 Å². The predicted molar refractivity (Wildman–Crippen MR) is 179 cm³/mol. The van der Waals surface area contributed by atoms with Crippen LogP contribution in [0.1, 0.15) is 63.8 Å². The van der Waals surface area contributed by atoms with E-state index >= 15 is 0 Å². The summed E-state index contributed by atoms with van der Waals surface area (Å²) >= 11 is 0. The van der Waals surface area contributed by atoms with E-state index in [0.29, 0.717) is 54.4 Å². The fourth-order valence-electron chi connectivity index (χ4n) is 6.41. The van der Waals surface area contributed by atoms with Crippen LogP contribution in [0.25, 0.3) is 11.4 Å². The van der Waals surface area contributed by atoms with E-state index in [0.717, 1.165) is 0 Å². The first-order valence-electron chi connectivity index (χ1n) is 16.7. The van der Waals surface area contributed by atoms with E-state index in [1.165, 1.54) is 21.8 Å². The summed E-state index contributed by atoms with van der Waals surface area (Å²) in [5.74, 6) is -2.15. The first-order valence-corrected chi connectivity index (χ1v) is 16.7. The Morgan fingerprint density at radius 3 is 2.62 bits per heavy atom. The number of aromatic amines is 1. The maximum Gasteiger partial charge on any atom is 0.284 e. The molecule has 1 aromatic carbocycles. The number of pyridine rings is 1. The molecule has 1 atom stereocenters. The van der Waals surface area contributed by atoms with Crippen LogP contribution in [0, 0.1) is 0 Å². The number of carbonyl (C=O) groups is 5. The van der Waals surface area contributed by atoms with E-state index < -0.39 is 30.0 Å². The van der Waals surface area contributed by atoms with Gasteiger partial charge < -0.3 is 20.3 Å². The lowest BCUT2D eigenvalue weighted by Crippen LogP contribution is -2.52. The highest BCUT2D eigenvalue weighted by Crippen LogP contribution is 2.33. The monoisotopic (exact) mass is 716 g/mol. The van der Waals surface area contributed by atoms with E-state index in [2.05, 4.69) is 41.1 Å². The number of fused-ring (bicyclic) bond motifs is 1. The second-order valence-electron chi connectivity index (χ2n) is 12.6. The molecule has 270 valence electrons. The number of halogens is 2. The fourth-order valence-corrected chi connectivity index (χ4v) is 6.41. The summed E-state index contributed by atoms with van der Waals surface area (Å²) in [5, 5.41) is 18.3. The number of H-pyrrole nitrogens is 1. The number of nitrogens with one attached hydrogen (secondary N) is 4. The van der Waals surface area contributed by atoms with Crippen molar-refractivity contribution in [1.29, 1.82) is 0 Å². The SMILES string of the molecule is O=C1CCC(N2Cc3c(NC(=O)CCOCCN4CC(n5cc(NC(=O)c6cccc(-c7ccn[nH]7)n6)c(C(F)F)n5)C4)cccc3C2=O)C(=O)N1. The highest BCUT2D eigenvalue weighted by atomic mass is 19.3. The van der Waals surface area contributed by atoms with Crippen molar-refractivity contribution in [2.45, 2.75) is 44.3 Å². The zero-order valence-electron chi connectivity index (χ0n) is 27.7. The lowest BCUT2D eigenvalue weighted by atomic mass is 10.0. The van der Waals surface area contributed by atoms with Crippen LogP contribution >= 0.6 is 0 Å². The molecule has 7 rings (SSSR count). The molecule has 3 aliphatic heterocycles. The number of alkyl halides is 2. The largest absolute Gasteiger partial charge is 0.380 e. The summed E-state index contributed by atoms with van der Waals surface area (Å²) in [4.78, 5) is 70.3. The van der Waals surface area contributed by atoms with Gasteiger partial charge in [-0.2, -0.15) is 10.2 Å². The zero-order chi connectivity index (χ0) is 36.4. The van der Waals surface area contributed by atoms with Gasteiger partial charge >= 0.3 is 0 Å². The predicted octanol–water partition coefficient (Wildman–Crippen LogP) is 2.52. The number of aromatic nitrogens is 5.